The van der Waals surface area contributed by atoms with Crippen LogP contribution in [0, 0.1) is 5.41 Å². The third-order valence-corrected chi connectivity index (χ3v) is 4.21. The molecular formula is C19H19ClN6O. The SMILES string of the molecule is CC(=N)/C=C\C(N)=NC(=O)C1=C(C)NC2=CC=C(c3ccccc3Cl)NN21. The highest BCUT2D eigenvalue weighted by atomic mass is 35.5. The molecule has 0 saturated heterocycles. The fourth-order valence-corrected chi connectivity index (χ4v) is 2.89. The molecule has 2 heterocycles. The van der Waals surface area contributed by atoms with Gasteiger partial charge in [-0.25, -0.2) is 5.01 Å². The van der Waals surface area contributed by atoms with E-state index in [1.165, 1.54) is 12.2 Å². The molecule has 0 aromatic heterocycles. The highest BCUT2D eigenvalue weighted by molar-refractivity contribution is 6.32. The van der Waals surface area contributed by atoms with Crippen LogP contribution in [0.1, 0.15) is 19.4 Å². The van der Waals surface area contributed by atoms with Crippen LogP contribution < -0.4 is 16.5 Å². The largest absolute Gasteiger partial charge is 0.384 e. The maximum Gasteiger partial charge on any atom is 0.299 e. The average Bonchev–Trinajstić information content (AvgIpc) is 2.95. The zero-order chi connectivity index (χ0) is 19.6. The molecule has 138 valence electrons. The number of fused-ring (bicyclic) bond motifs is 1. The van der Waals surface area contributed by atoms with E-state index < -0.39 is 5.91 Å². The molecule has 0 saturated carbocycles. The van der Waals surface area contributed by atoms with Gasteiger partial charge in [0.1, 0.15) is 11.7 Å². The van der Waals surface area contributed by atoms with Crippen LogP contribution in [0.3, 0.4) is 0 Å². The molecule has 1 aromatic carbocycles. The number of carbonyl (C=O) groups excluding carboxylic acids is 1. The molecule has 5 N–H and O–H groups in total. The third-order valence-electron chi connectivity index (χ3n) is 3.88. The number of hydrogen-bond acceptors (Lipinski definition) is 5. The third kappa shape index (κ3) is 3.93. The molecule has 2 aliphatic rings. The Morgan fingerprint density at radius 1 is 1.30 bits per heavy atom. The van der Waals surface area contributed by atoms with Crippen LogP contribution in [0.5, 0.6) is 0 Å². The predicted molar refractivity (Wildman–Crippen MR) is 107 cm³/mol. The van der Waals surface area contributed by atoms with E-state index in [1.54, 1.807) is 24.9 Å². The molecule has 2 aliphatic heterocycles. The van der Waals surface area contributed by atoms with Crippen molar-refractivity contribution >= 4 is 34.8 Å². The van der Waals surface area contributed by atoms with Gasteiger partial charge in [-0.1, -0.05) is 29.8 Å². The van der Waals surface area contributed by atoms with Gasteiger partial charge in [0.15, 0.2) is 5.70 Å². The number of amidine groups is 1. The summed E-state index contributed by atoms with van der Waals surface area (Å²) in [5.41, 5.74) is 11.8. The summed E-state index contributed by atoms with van der Waals surface area (Å²) >= 11 is 6.28. The summed E-state index contributed by atoms with van der Waals surface area (Å²) in [6.07, 6.45) is 6.63. The maximum atomic E-state index is 12.7. The van der Waals surface area contributed by atoms with Gasteiger partial charge in [0, 0.05) is 22.0 Å². The van der Waals surface area contributed by atoms with Crippen molar-refractivity contribution in [2.75, 3.05) is 0 Å². The van der Waals surface area contributed by atoms with Crippen molar-refractivity contribution in [1.82, 2.24) is 15.8 Å². The Labute approximate surface area is 162 Å². The summed E-state index contributed by atoms with van der Waals surface area (Å²) in [6, 6.07) is 7.44. The first-order valence-corrected chi connectivity index (χ1v) is 8.58. The van der Waals surface area contributed by atoms with E-state index in [-0.39, 0.29) is 5.84 Å². The monoisotopic (exact) mass is 382 g/mol. The number of allylic oxidation sites excluding steroid dienone is 4. The second-order valence-corrected chi connectivity index (χ2v) is 6.42. The first-order chi connectivity index (χ1) is 12.9. The molecule has 3 rings (SSSR count). The van der Waals surface area contributed by atoms with Gasteiger partial charge in [-0.3, -0.25) is 10.2 Å². The quantitative estimate of drug-likeness (QED) is 0.473. The van der Waals surface area contributed by atoms with Gasteiger partial charge >= 0.3 is 0 Å². The molecule has 0 radical (unpaired) electrons. The summed E-state index contributed by atoms with van der Waals surface area (Å²) in [4.78, 5) is 16.6. The standard InChI is InChI=1S/C19H19ClN6O/c1-11(21)7-9-16(22)24-19(27)18-12(2)23-17-10-8-15(25-26(17)18)13-5-3-4-6-14(13)20/h3-10,21,23,25H,1-2H3,(H2,22,24,27)/b9-7-,21-11?. The molecule has 1 aromatic rings. The number of benzene rings is 1. The number of carbonyl (C=O) groups is 1. The van der Waals surface area contributed by atoms with Crippen LogP contribution in [-0.2, 0) is 4.79 Å². The molecule has 0 aliphatic carbocycles. The predicted octanol–water partition coefficient (Wildman–Crippen LogP) is 2.66. The normalized spacial score (nSPS) is 16.6. The van der Waals surface area contributed by atoms with Crippen LogP contribution in [0.2, 0.25) is 5.02 Å². The molecule has 0 bridgehead atoms. The molecule has 0 fully saturated rings. The number of rotatable bonds is 4. The number of halogens is 1. The van der Waals surface area contributed by atoms with Crippen molar-refractivity contribution in [3.05, 3.63) is 76.4 Å². The molecule has 1 amide bonds. The van der Waals surface area contributed by atoms with Gasteiger partial charge in [0.25, 0.3) is 5.91 Å². The first kappa shape index (κ1) is 18.5. The molecule has 0 spiro atoms. The van der Waals surface area contributed by atoms with E-state index in [0.717, 1.165) is 11.3 Å². The number of aliphatic imine (C=N–C) groups is 1. The van der Waals surface area contributed by atoms with Crippen LogP contribution in [0.25, 0.3) is 5.70 Å². The van der Waals surface area contributed by atoms with Crippen LogP contribution in [0.4, 0.5) is 0 Å². The summed E-state index contributed by atoms with van der Waals surface area (Å²) in [5.74, 6) is 0.232. The second kappa shape index (κ2) is 7.51. The molecule has 0 unspecified atom stereocenters. The minimum Gasteiger partial charge on any atom is -0.384 e. The molecule has 7 nitrogen and oxygen atoms in total. The van der Waals surface area contributed by atoms with Gasteiger partial charge < -0.3 is 16.5 Å². The number of amides is 1. The van der Waals surface area contributed by atoms with Gasteiger partial charge in [-0.2, -0.15) is 4.99 Å². The second-order valence-electron chi connectivity index (χ2n) is 6.02. The number of hydrogen-bond donors (Lipinski definition) is 4. The van der Waals surface area contributed by atoms with Crippen molar-refractivity contribution in [2.45, 2.75) is 13.8 Å². The number of nitrogens with one attached hydrogen (secondary N) is 3. The summed E-state index contributed by atoms with van der Waals surface area (Å²) in [7, 11) is 0. The zero-order valence-corrected chi connectivity index (χ0v) is 15.6. The average molecular weight is 383 g/mol. The Morgan fingerprint density at radius 3 is 2.74 bits per heavy atom. The molecular weight excluding hydrogens is 364 g/mol. The van der Waals surface area contributed by atoms with Gasteiger partial charge in [-0.15, -0.1) is 0 Å². The lowest BCUT2D eigenvalue weighted by Gasteiger charge is -2.28. The Bertz CT molecular complexity index is 970. The number of nitrogens with two attached hydrogens (primary N) is 1. The fourth-order valence-electron chi connectivity index (χ4n) is 2.65. The minimum absolute atomic E-state index is 0.0307. The van der Waals surface area contributed by atoms with E-state index in [4.69, 9.17) is 22.7 Å². The van der Waals surface area contributed by atoms with Gasteiger partial charge in [0.05, 0.1) is 5.70 Å². The Hall–Kier alpha value is -3.32. The van der Waals surface area contributed by atoms with Crippen molar-refractivity contribution in [3.8, 4) is 0 Å². The minimum atomic E-state index is -0.499. The van der Waals surface area contributed by atoms with E-state index in [2.05, 4.69) is 15.7 Å². The topological polar surface area (TPSA) is 107 Å². The Kier molecular flexibility index (Phi) is 5.14. The first-order valence-electron chi connectivity index (χ1n) is 8.20. The van der Waals surface area contributed by atoms with Gasteiger partial charge in [0.2, 0.25) is 0 Å². The highest BCUT2D eigenvalue weighted by Gasteiger charge is 2.32. The van der Waals surface area contributed by atoms with E-state index in [1.807, 2.05) is 30.4 Å². The van der Waals surface area contributed by atoms with E-state index in [0.29, 0.717) is 27.9 Å². The van der Waals surface area contributed by atoms with Crippen LogP contribution >= 0.6 is 11.6 Å². The van der Waals surface area contributed by atoms with Crippen LogP contribution in [0.15, 0.2) is 70.8 Å². The Morgan fingerprint density at radius 2 is 2.04 bits per heavy atom. The van der Waals surface area contributed by atoms with E-state index >= 15 is 0 Å². The summed E-state index contributed by atoms with van der Waals surface area (Å²) < 4.78 is 0. The lowest BCUT2D eigenvalue weighted by atomic mass is 10.1. The van der Waals surface area contributed by atoms with Crippen molar-refractivity contribution in [3.63, 3.8) is 0 Å². The highest BCUT2D eigenvalue weighted by Crippen LogP contribution is 2.30. The van der Waals surface area contributed by atoms with Crippen molar-refractivity contribution in [1.29, 1.82) is 5.41 Å². The number of nitrogens with zero attached hydrogens (tertiary/aromatic N) is 2. The van der Waals surface area contributed by atoms with E-state index in [9.17, 15) is 4.79 Å². The van der Waals surface area contributed by atoms with Crippen LogP contribution in [-0.4, -0.2) is 22.5 Å². The van der Waals surface area contributed by atoms with Crippen molar-refractivity contribution in [2.24, 2.45) is 10.7 Å². The number of hydrazine groups is 1. The summed E-state index contributed by atoms with van der Waals surface area (Å²) in [6.45, 7) is 3.39. The summed E-state index contributed by atoms with van der Waals surface area (Å²) in [5, 5.41) is 12.7. The zero-order valence-electron chi connectivity index (χ0n) is 14.9. The fraction of sp³-hybridized carbons (Fsp3) is 0.105. The molecule has 8 heteroatoms. The smallest absolute Gasteiger partial charge is 0.299 e. The Balaban J connectivity index is 1.86. The lowest BCUT2D eigenvalue weighted by Crippen LogP contribution is -2.38. The van der Waals surface area contributed by atoms with Gasteiger partial charge in [-0.05, 0) is 44.2 Å². The molecule has 27 heavy (non-hydrogen) atoms. The van der Waals surface area contributed by atoms with Crippen molar-refractivity contribution < 1.29 is 4.79 Å². The lowest BCUT2D eigenvalue weighted by molar-refractivity contribution is -0.115. The maximum absolute atomic E-state index is 12.7. The molecule has 0 atom stereocenters.